The van der Waals surface area contributed by atoms with Crippen molar-refractivity contribution in [3.05, 3.63) is 59.4 Å². The summed E-state index contributed by atoms with van der Waals surface area (Å²) in [6, 6.07) is 11.5. The van der Waals surface area contributed by atoms with Crippen LogP contribution in [0.5, 0.6) is 11.5 Å². The van der Waals surface area contributed by atoms with Crippen LogP contribution in [0.2, 0.25) is 0 Å². The van der Waals surface area contributed by atoms with Gasteiger partial charge in [0.2, 0.25) is 0 Å². The minimum atomic E-state index is -0.807. The third kappa shape index (κ3) is 3.73. The van der Waals surface area contributed by atoms with Gasteiger partial charge in [0.15, 0.2) is 0 Å². The molecule has 0 amide bonds. The number of benzene rings is 2. The molecule has 2 unspecified atom stereocenters. The third-order valence-electron chi connectivity index (χ3n) is 3.37. The summed E-state index contributed by atoms with van der Waals surface area (Å²) in [7, 11) is 1.59. The van der Waals surface area contributed by atoms with Gasteiger partial charge in [-0.1, -0.05) is 18.2 Å². The highest BCUT2D eigenvalue weighted by atomic mass is 19.1. The summed E-state index contributed by atoms with van der Waals surface area (Å²) < 4.78 is 24.0. The van der Waals surface area contributed by atoms with Crippen LogP contribution in [0.25, 0.3) is 0 Å². The molecule has 21 heavy (non-hydrogen) atoms. The molecule has 2 aromatic carbocycles. The molecule has 0 radical (unpaired) electrons. The Balaban J connectivity index is 2.11. The van der Waals surface area contributed by atoms with Crippen molar-refractivity contribution in [1.29, 1.82) is 0 Å². The molecule has 2 aromatic rings. The van der Waals surface area contributed by atoms with Gasteiger partial charge in [-0.2, -0.15) is 0 Å². The fraction of sp³-hybridized carbons (Fsp3) is 0.294. The fourth-order valence-electron chi connectivity index (χ4n) is 2.04. The quantitative estimate of drug-likeness (QED) is 0.913. The lowest BCUT2D eigenvalue weighted by molar-refractivity contribution is 0.0461. The van der Waals surface area contributed by atoms with Crippen molar-refractivity contribution >= 4 is 0 Å². The summed E-state index contributed by atoms with van der Waals surface area (Å²) in [5.41, 5.74) is 1.54. The van der Waals surface area contributed by atoms with Crippen LogP contribution in [0.15, 0.2) is 42.5 Å². The largest absolute Gasteiger partial charge is 0.497 e. The second-order valence-electron chi connectivity index (χ2n) is 4.95. The van der Waals surface area contributed by atoms with E-state index in [0.717, 1.165) is 16.9 Å². The second kappa shape index (κ2) is 6.59. The van der Waals surface area contributed by atoms with E-state index in [1.165, 1.54) is 12.1 Å². The Labute approximate surface area is 124 Å². The zero-order chi connectivity index (χ0) is 15.4. The summed E-state index contributed by atoms with van der Waals surface area (Å²) in [6.07, 6.45) is -1.31. The summed E-state index contributed by atoms with van der Waals surface area (Å²) in [6.45, 7) is 3.58. The van der Waals surface area contributed by atoms with E-state index in [9.17, 15) is 9.50 Å². The Kier molecular flexibility index (Phi) is 4.81. The van der Waals surface area contributed by atoms with Crippen molar-refractivity contribution in [3.63, 3.8) is 0 Å². The molecule has 0 bridgehead atoms. The average molecular weight is 290 g/mol. The molecule has 0 fully saturated rings. The van der Waals surface area contributed by atoms with Crippen molar-refractivity contribution in [2.24, 2.45) is 0 Å². The smallest absolute Gasteiger partial charge is 0.126 e. The Morgan fingerprint density at radius 3 is 2.38 bits per heavy atom. The molecular weight excluding hydrogens is 271 g/mol. The zero-order valence-electron chi connectivity index (χ0n) is 12.3. The van der Waals surface area contributed by atoms with E-state index in [0.29, 0.717) is 5.75 Å². The van der Waals surface area contributed by atoms with Gasteiger partial charge in [0, 0.05) is 6.07 Å². The van der Waals surface area contributed by atoms with Gasteiger partial charge in [-0.25, -0.2) is 4.39 Å². The molecule has 0 spiro atoms. The van der Waals surface area contributed by atoms with Gasteiger partial charge in [0.25, 0.3) is 0 Å². The monoisotopic (exact) mass is 290 g/mol. The minimum Gasteiger partial charge on any atom is -0.497 e. The van der Waals surface area contributed by atoms with Gasteiger partial charge in [-0.05, 0) is 43.2 Å². The SMILES string of the molecule is COc1ccc(C(O)C(C)Oc2cc(F)ccc2C)cc1. The van der Waals surface area contributed by atoms with Crippen LogP contribution >= 0.6 is 0 Å². The first-order valence-corrected chi connectivity index (χ1v) is 6.76. The van der Waals surface area contributed by atoms with Gasteiger partial charge < -0.3 is 14.6 Å². The van der Waals surface area contributed by atoms with E-state index < -0.39 is 12.2 Å². The van der Waals surface area contributed by atoms with Crippen molar-refractivity contribution in [3.8, 4) is 11.5 Å². The lowest BCUT2D eigenvalue weighted by Gasteiger charge is -2.22. The molecule has 4 heteroatoms. The number of rotatable bonds is 5. The van der Waals surface area contributed by atoms with Crippen LogP contribution in [0.1, 0.15) is 24.2 Å². The highest BCUT2D eigenvalue weighted by Gasteiger charge is 2.19. The fourth-order valence-corrected chi connectivity index (χ4v) is 2.04. The number of hydrogen-bond donors (Lipinski definition) is 1. The van der Waals surface area contributed by atoms with Crippen LogP contribution < -0.4 is 9.47 Å². The van der Waals surface area contributed by atoms with E-state index in [4.69, 9.17) is 9.47 Å². The van der Waals surface area contributed by atoms with Crippen LogP contribution in [0.3, 0.4) is 0 Å². The van der Waals surface area contributed by atoms with Crippen molar-refractivity contribution in [2.75, 3.05) is 7.11 Å². The van der Waals surface area contributed by atoms with Crippen molar-refractivity contribution in [1.82, 2.24) is 0 Å². The molecule has 0 saturated heterocycles. The molecular formula is C17H19FO3. The maximum absolute atomic E-state index is 13.2. The summed E-state index contributed by atoms with van der Waals surface area (Å²) in [5.74, 6) is 0.803. The molecule has 0 saturated carbocycles. The summed E-state index contributed by atoms with van der Waals surface area (Å²) in [4.78, 5) is 0. The van der Waals surface area contributed by atoms with Crippen molar-refractivity contribution in [2.45, 2.75) is 26.1 Å². The Morgan fingerprint density at radius 1 is 1.10 bits per heavy atom. The number of methoxy groups -OCH3 is 1. The lowest BCUT2D eigenvalue weighted by atomic mass is 10.1. The standard InChI is InChI=1S/C17H19FO3/c1-11-4-7-14(18)10-16(11)21-12(2)17(19)13-5-8-15(20-3)9-6-13/h4-10,12,17,19H,1-3H3. The van der Waals surface area contributed by atoms with Crippen LogP contribution in [0.4, 0.5) is 4.39 Å². The normalized spacial score (nSPS) is 13.6. The van der Waals surface area contributed by atoms with E-state index in [-0.39, 0.29) is 5.82 Å². The number of hydrogen-bond acceptors (Lipinski definition) is 3. The molecule has 112 valence electrons. The number of aliphatic hydroxyl groups excluding tert-OH is 1. The predicted octanol–water partition coefficient (Wildman–Crippen LogP) is 3.64. The van der Waals surface area contributed by atoms with Crippen LogP contribution in [-0.4, -0.2) is 18.3 Å². The average Bonchev–Trinajstić information content (AvgIpc) is 2.50. The molecule has 0 aliphatic rings. The molecule has 2 atom stereocenters. The highest BCUT2D eigenvalue weighted by molar-refractivity contribution is 5.33. The van der Waals surface area contributed by atoms with E-state index in [1.807, 2.05) is 6.92 Å². The highest BCUT2D eigenvalue weighted by Crippen LogP contribution is 2.26. The zero-order valence-corrected chi connectivity index (χ0v) is 12.3. The summed E-state index contributed by atoms with van der Waals surface area (Å²) >= 11 is 0. The van der Waals surface area contributed by atoms with Gasteiger partial charge in [0.05, 0.1) is 7.11 Å². The first-order valence-electron chi connectivity index (χ1n) is 6.76. The van der Waals surface area contributed by atoms with E-state index in [2.05, 4.69) is 0 Å². The molecule has 2 rings (SSSR count). The van der Waals surface area contributed by atoms with Gasteiger partial charge in [0.1, 0.15) is 29.5 Å². The van der Waals surface area contributed by atoms with E-state index >= 15 is 0 Å². The molecule has 0 aliphatic heterocycles. The Bertz CT molecular complexity index is 595. The second-order valence-corrected chi connectivity index (χ2v) is 4.95. The Hall–Kier alpha value is -2.07. The third-order valence-corrected chi connectivity index (χ3v) is 3.37. The maximum atomic E-state index is 13.2. The molecule has 1 N–H and O–H groups in total. The molecule has 3 nitrogen and oxygen atoms in total. The van der Waals surface area contributed by atoms with Gasteiger partial charge >= 0.3 is 0 Å². The Morgan fingerprint density at radius 2 is 1.76 bits per heavy atom. The van der Waals surface area contributed by atoms with Gasteiger partial charge in [-0.15, -0.1) is 0 Å². The number of aliphatic hydroxyl groups is 1. The first kappa shape index (κ1) is 15.3. The van der Waals surface area contributed by atoms with Gasteiger partial charge in [-0.3, -0.25) is 0 Å². The number of ether oxygens (including phenoxy) is 2. The maximum Gasteiger partial charge on any atom is 0.126 e. The summed E-state index contributed by atoms with van der Waals surface area (Å²) in [5, 5.41) is 10.3. The number of aryl methyl sites for hydroxylation is 1. The van der Waals surface area contributed by atoms with Crippen LogP contribution in [-0.2, 0) is 0 Å². The minimum absolute atomic E-state index is 0.360. The molecule has 0 aliphatic carbocycles. The molecule has 0 heterocycles. The first-order chi connectivity index (χ1) is 10.0. The number of halogens is 1. The van der Waals surface area contributed by atoms with Crippen LogP contribution in [0, 0.1) is 12.7 Å². The predicted molar refractivity (Wildman–Crippen MR) is 79.2 cm³/mol. The topological polar surface area (TPSA) is 38.7 Å². The molecule has 0 aromatic heterocycles. The lowest BCUT2D eigenvalue weighted by Crippen LogP contribution is -2.22. The van der Waals surface area contributed by atoms with Crippen molar-refractivity contribution < 1.29 is 19.0 Å². The van der Waals surface area contributed by atoms with E-state index in [1.54, 1.807) is 44.4 Å².